The zero-order valence-corrected chi connectivity index (χ0v) is 12.4. The summed E-state index contributed by atoms with van der Waals surface area (Å²) in [5, 5.41) is 11.4. The molecule has 114 valence electrons. The highest BCUT2D eigenvalue weighted by atomic mass is 16.4. The lowest BCUT2D eigenvalue weighted by molar-refractivity contribution is -0.140. The van der Waals surface area contributed by atoms with Crippen molar-refractivity contribution in [2.24, 2.45) is 11.3 Å². The van der Waals surface area contributed by atoms with Gasteiger partial charge in [-0.15, -0.1) is 0 Å². The Morgan fingerprint density at radius 2 is 1.95 bits per heavy atom. The van der Waals surface area contributed by atoms with Gasteiger partial charge in [0, 0.05) is 24.9 Å². The van der Waals surface area contributed by atoms with Gasteiger partial charge in [0.2, 0.25) is 11.8 Å². The number of likely N-dealkylation sites (tertiary alicyclic amines) is 1. The van der Waals surface area contributed by atoms with Crippen molar-refractivity contribution >= 4 is 17.8 Å². The van der Waals surface area contributed by atoms with Crippen LogP contribution in [0.25, 0.3) is 0 Å². The van der Waals surface area contributed by atoms with Crippen molar-refractivity contribution < 1.29 is 19.5 Å². The van der Waals surface area contributed by atoms with Gasteiger partial charge in [-0.25, -0.2) is 0 Å². The largest absolute Gasteiger partial charge is 0.481 e. The standard InChI is InChI=1S/C14H24N2O4/c1-14(2,3)13(20)15-8-11(17)16-6-4-5-10(9-16)7-12(18)19/h10H,4-9H2,1-3H3,(H,15,20)(H,18,19). The predicted octanol–water partition coefficient (Wildman–Crippen LogP) is 0.862. The molecule has 0 spiro atoms. The third-order valence-electron chi connectivity index (χ3n) is 3.42. The molecule has 1 aliphatic heterocycles. The molecule has 0 aromatic carbocycles. The van der Waals surface area contributed by atoms with E-state index < -0.39 is 11.4 Å². The molecule has 0 aromatic heterocycles. The lowest BCUT2D eigenvalue weighted by Gasteiger charge is -2.32. The lowest BCUT2D eigenvalue weighted by Crippen LogP contribution is -2.47. The Morgan fingerprint density at radius 3 is 2.50 bits per heavy atom. The first-order valence-corrected chi connectivity index (χ1v) is 6.98. The van der Waals surface area contributed by atoms with E-state index in [1.54, 1.807) is 25.7 Å². The van der Waals surface area contributed by atoms with Crippen molar-refractivity contribution in [3.05, 3.63) is 0 Å². The number of carbonyl (C=O) groups is 3. The highest BCUT2D eigenvalue weighted by Gasteiger charge is 2.26. The van der Waals surface area contributed by atoms with Crippen LogP contribution < -0.4 is 5.32 Å². The molecule has 1 saturated heterocycles. The zero-order chi connectivity index (χ0) is 15.3. The summed E-state index contributed by atoms with van der Waals surface area (Å²) in [6, 6.07) is 0. The van der Waals surface area contributed by atoms with Crippen LogP contribution in [0.3, 0.4) is 0 Å². The number of hydrogen-bond acceptors (Lipinski definition) is 3. The van der Waals surface area contributed by atoms with E-state index in [1.165, 1.54) is 0 Å². The minimum atomic E-state index is -0.828. The molecule has 0 aromatic rings. The van der Waals surface area contributed by atoms with Crippen LogP contribution in [0.1, 0.15) is 40.0 Å². The maximum absolute atomic E-state index is 12.0. The minimum absolute atomic E-state index is 0.0171. The molecule has 1 atom stereocenters. The molecule has 0 aliphatic carbocycles. The van der Waals surface area contributed by atoms with Gasteiger partial charge in [-0.05, 0) is 18.8 Å². The highest BCUT2D eigenvalue weighted by Crippen LogP contribution is 2.19. The first-order valence-electron chi connectivity index (χ1n) is 6.98. The summed E-state index contributed by atoms with van der Waals surface area (Å²) in [7, 11) is 0. The van der Waals surface area contributed by atoms with Crippen molar-refractivity contribution in [2.75, 3.05) is 19.6 Å². The summed E-state index contributed by atoms with van der Waals surface area (Å²) in [6.45, 7) is 6.45. The maximum Gasteiger partial charge on any atom is 0.303 e. The summed E-state index contributed by atoms with van der Waals surface area (Å²) < 4.78 is 0. The Labute approximate surface area is 119 Å². The molecular formula is C14H24N2O4. The van der Waals surface area contributed by atoms with Crippen LogP contribution in [0, 0.1) is 11.3 Å². The Bertz CT molecular complexity index is 387. The quantitative estimate of drug-likeness (QED) is 0.801. The Hall–Kier alpha value is -1.59. The molecule has 6 heteroatoms. The summed E-state index contributed by atoms with van der Waals surface area (Å²) >= 11 is 0. The fraction of sp³-hybridized carbons (Fsp3) is 0.786. The third kappa shape index (κ3) is 5.19. The van der Waals surface area contributed by atoms with Gasteiger partial charge in [-0.1, -0.05) is 20.8 Å². The van der Waals surface area contributed by atoms with E-state index in [2.05, 4.69) is 5.32 Å². The number of amides is 2. The molecule has 6 nitrogen and oxygen atoms in total. The molecule has 1 aliphatic rings. The molecule has 0 bridgehead atoms. The van der Waals surface area contributed by atoms with Crippen molar-refractivity contribution in [1.82, 2.24) is 10.2 Å². The number of rotatable bonds is 4. The van der Waals surface area contributed by atoms with E-state index in [4.69, 9.17) is 5.11 Å². The van der Waals surface area contributed by atoms with E-state index in [-0.39, 0.29) is 30.7 Å². The Kier molecular flexibility index (Phi) is 5.53. The molecule has 2 amide bonds. The molecule has 1 heterocycles. The third-order valence-corrected chi connectivity index (χ3v) is 3.42. The highest BCUT2D eigenvalue weighted by molar-refractivity contribution is 5.87. The number of carboxylic acid groups (broad SMARTS) is 1. The van der Waals surface area contributed by atoms with Crippen molar-refractivity contribution in [2.45, 2.75) is 40.0 Å². The van der Waals surface area contributed by atoms with E-state index in [0.29, 0.717) is 13.1 Å². The molecule has 2 N–H and O–H groups in total. The average Bonchev–Trinajstić information content (AvgIpc) is 2.33. The number of carboxylic acids is 1. The van der Waals surface area contributed by atoms with E-state index >= 15 is 0 Å². The van der Waals surface area contributed by atoms with Crippen LogP contribution in [-0.2, 0) is 14.4 Å². The Balaban J connectivity index is 2.43. The molecular weight excluding hydrogens is 260 g/mol. The van der Waals surface area contributed by atoms with E-state index in [0.717, 1.165) is 12.8 Å². The number of aliphatic carboxylic acids is 1. The molecule has 0 saturated carbocycles. The number of carbonyl (C=O) groups excluding carboxylic acids is 2. The fourth-order valence-corrected chi connectivity index (χ4v) is 2.24. The van der Waals surface area contributed by atoms with Gasteiger partial charge in [-0.3, -0.25) is 14.4 Å². The van der Waals surface area contributed by atoms with Crippen LogP contribution in [0.4, 0.5) is 0 Å². The van der Waals surface area contributed by atoms with Crippen LogP contribution >= 0.6 is 0 Å². The second-order valence-corrected chi connectivity index (χ2v) is 6.38. The van der Waals surface area contributed by atoms with Crippen molar-refractivity contribution in [1.29, 1.82) is 0 Å². The van der Waals surface area contributed by atoms with E-state index in [1.807, 2.05) is 0 Å². The summed E-state index contributed by atoms with van der Waals surface area (Å²) in [4.78, 5) is 36.1. The van der Waals surface area contributed by atoms with Gasteiger partial charge in [-0.2, -0.15) is 0 Å². The topological polar surface area (TPSA) is 86.7 Å². The van der Waals surface area contributed by atoms with Crippen LogP contribution in [0.5, 0.6) is 0 Å². The smallest absolute Gasteiger partial charge is 0.303 e. The lowest BCUT2D eigenvalue weighted by atomic mass is 9.94. The summed E-state index contributed by atoms with van der Waals surface area (Å²) in [5.41, 5.74) is -0.520. The summed E-state index contributed by atoms with van der Waals surface area (Å²) in [6.07, 6.45) is 1.75. The number of hydrogen-bond donors (Lipinski definition) is 2. The SMILES string of the molecule is CC(C)(C)C(=O)NCC(=O)N1CCCC(CC(=O)O)C1. The molecule has 20 heavy (non-hydrogen) atoms. The minimum Gasteiger partial charge on any atom is -0.481 e. The predicted molar refractivity (Wildman–Crippen MR) is 74.0 cm³/mol. The van der Waals surface area contributed by atoms with Crippen LogP contribution in [-0.4, -0.2) is 47.4 Å². The molecule has 0 radical (unpaired) electrons. The maximum atomic E-state index is 12.0. The monoisotopic (exact) mass is 284 g/mol. The van der Waals surface area contributed by atoms with Crippen molar-refractivity contribution in [3.8, 4) is 0 Å². The van der Waals surface area contributed by atoms with Crippen LogP contribution in [0.15, 0.2) is 0 Å². The van der Waals surface area contributed by atoms with Crippen molar-refractivity contribution in [3.63, 3.8) is 0 Å². The van der Waals surface area contributed by atoms with Gasteiger partial charge in [0.25, 0.3) is 0 Å². The number of nitrogens with one attached hydrogen (secondary N) is 1. The first kappa shape index (κ1) is 16.5. The normalized spacial score (nSPS) is 19.6. The Morgan fingerprint density at radius 1 is 1.30 bits per heavy atom. The number of nitrogens with zero attached hydrogens (tertiary/aromatic N) is 1. The second-order valence-electron chi connectivity index (χ2n) is 6.38. The second kappa shape index (κ2) is 6.72. The molecule has 1 fully saturated rings. The number of piperidine rings is 1. The molecule has 1 unspecified atom stereocenters. The zero-order valence-electron chi connectivity index (χ0n) is 12.4. The van der Waals surface area contributed by atoms with Gasteiger partial charge < -0.3 is 15.3 Å². The van der Waals surface area contributed by atoms with Crippen LogP contribution in [0.2, 0.25) is 0 Å². The average molecular weight is 284 g/mol. The fourth-order valence-electron chi connectivity index (χ4n) is 2.24. The molecule has 1 rings (SSSR count). The van der Waals surface area contributed by atoms with Gasteiger partial charge >= 0.3 is 5.97 Å². The van der Waals surface area contributed by atoms with E-state index in [9.17, 15) is 14.4 Å². The van der Waals surface area contributed by atoms with Gasteiger partial charge in [0.15, 0.2) is 0 Å². The van der Waals surface area contributed by atoms with Gasteiger partial charge in [0.1, 0.15) is 0 Å². The summed E-state index contributed by atoms with van der Waals surface area (Å²) in [5.74, 6) is -1.11. The van der Waals surface area contributed by atoms with Gasteiger partial charge in [0.05, 0.1) is 6.54 Å². The first-order chi connectivity index (χ1) is 9.20.